The number of ether oxygens (including phenoxy) is 2. The summed E-state index contributed by atoms with van der Waals surface area (Å²) in [5.74, 6) is -2.69. The molecule has 0 aromatic heterocycles. The van der Waals surface area contributed by atoms with Gasteiger partial charge in [-0.2, -0.15) is 0 Å². The first-order chi connectivity index (χ1) is 8.35. The van der Waals surface area contributed by atoms with E-state index in [-0.39, 0.29) is 0 Å². The lowest BCUT2D eigenvalue weighted by Crippen LogP contribution is -2.66. The highest BCUT2D eigenvalue weighted by atomic mass is 16.8. The highest BCUT2D eigenvalue weighted by molar-refractivity contribution is 4.92. The van der Waals surface area contributed by atoms with Crippen molar-refractivity contribution in [2.45, 2.75) is 36.5 Å². The van der Waals surface area contributed by atoms with Gasteiger partial charge in [-0.3, -0.25) is 0 Å². The Hall–Kier alpha value is -0.360. The lowest BCUT2D eigenvalue weighted by atomic mass is 9.98. The van der Waals surface area contributed by atoms with Crippen molar-refractivity contribution in [2.75, 3.05) is 19.8 Å². The molecule has 7 N–H and O–H groups in total. The standard InChI is InChI=1S/C9H18O9/c10-1-4(12)3-17-9(16)8(15)7(14)6(13)5(2-11)18-9/h4-8,10-16H,1-3H2/t4?,5-,6+,7+,8-,9+/m1/s1. The van der Waals surface area contributed by atoms with Gasteiger partial charge in [0.05, 0.1) is 19.8 Å². The fourth-order valence-electron chi connectivity index (χ4n) is 1.51. The van der Waals surface area contributed by atoms with Crippen LogP contribution in [-0.2, 0) is 9.47 Å². The van der Waals surface area contributed by atoms with Crippen LogP contribution < -0.4 is 0 Å². The largest absolute Gasteiger partial charge is 0.394 e. The zero-order valence-corrected chi connectivity index (χ0v) is 9.46. The van der Waals surface area contributed by atoms with Crippen LogP contribution in [0.1, 0.15) is 0 Å². The molecule has 9 heteroatoms. The van der Waals surface area contributed by atoms with Gasteiger partial charge in [0.1, 0.15) is 24.4 Å². The van der Waals surface area contributed by atoms with Gasteiger partial charge in [0.25, 0.3) is 0 Å². The van der Waals surface area contributed by atoms with Crippen LogP contribution in [0, 0.1) is 0 Å². The molecule has 1 aliphatic rings. The average molecular weight is 270 g/mol. The number of rotatable bonds is 5. The molecule has 9 nitrogen and oxygen atoms in total. The number of aliphatic hydroxyl groups excluding tert-OH is 6. The molecule has 1 unspecified atom stereocenters. The smallest absolute Gasteiger partial charge is 0.311 e. The minimum absolute atomic E-state index is 0.578. The van der Waals surface area contributed by atoms with E-state index in [2.05, 4.69) is 4.74 Å². The van der Waals surface area contributed by atoms with Gasteiger partial charge in [-0.25, -0.2) is 0 Å². The van der Waals surface area contributed by atoms with Gasteiger partial charge in [0.2, 0.25) is 0 Å². The maximum Gasteiger partial charge on any atom is 0.311 e. The monoisotopic (exact) mass is 270 g/mol. The van der Waals surface area contributed by atoms with E-state index >= 15 is 0 Å². The summed E-state index contributed by atoms with van der Waals surface area (Å²) in [7, 11) is 0. The van der Waals surface area contributed by atoms with E-state index in [1.54, 1.807) is 0 Å². The van der Waals surface area contributed by atoms with Gasteiger partial charge in [-0.05, 0) is 0 Å². The SMILES string of the molecule is OCC(O)CO[C@]1(O)O[C@H](CO)[C@H](O)[C@H](O)[C@H]1O. The third kappa shape index (κ3) is 3.15. The van der Waals surface area contributed by atoms with E-state index in [4.69, 9.17) is 20.1 Å². The lowest BCUT2D eigenvalue weighted by Gasteiger charge is -2.44. The van der Waals surface area contributed by atoms with Crippen molar-refractivity contribution in [3.63, 3.8) is 0 Å². The summed E-state index contributed by atoms with van der Waals surface area (Å²) in [4.78, 5) is 0. The molecule has 0 aliphatic carbocycles. The Morgan fingerprint density at radius 2 is 1.78 bits per heavy atom. The van der Waals surface area contributed by atoms with E-state index in [0.717, 1.165) is 0 Å². The average Bonchev–Trinajstić information content (AvgIpc) is 2.38. The molecule has 0 bridgehead atoms. The molecule has 0 radical (unpaired) electrons. The molecule has 1 aliphatic heterocycles. The maximum absolute atomic E-state index is 9.80. The third-order valence-corrected chi connectivity index (χ3v) is 2.62. The Kier molecular flexibility index (Phi) is 5.40. The highest BCUT2D eigenvalue weighted by Crippen LogP contribution is 2.29. The van der Waals surface area contributed by atoms with E-state index in [1.807, 2.05) is 0 Å². The predicted molar refractivity (Wildman–Crippen MR) is 54.0 cm³/mol. The molecule has 0 aromatic carbocycles. The van der Waals surface area contributed by atoms with Crippen molar-refractivity contribution in [3.05, 3.63) is 0 Å². The summed E-state index contributed by atoms with van der Waals surface area (Å²) in [6, 6.07) is 0. The fraction of sp³-hybridized carbons (Fsp3) is 1.00. The van der Waals surface area contributed by atoms with Crippen LogP contribution in [0.4, 0.5) is 0 Å². The first-order valence-corrected chi connectivity index (χ1v) is 5.33. The van der Waals surface area contributed by atoms with Crippen molar-refractivity contribution < 1.29 is 45.2 Å². The van der Waals surface area contributed by atoms with Crippen LogP contribution in [0.15, 0.2) is 0 Å². The quantitative estimate of drug-likeness (QED) is 0.244. The lowest BCUT2D eigenvalue weighted by molar-refractivity contribution is -0.451. The van der Waals surface area contributed by atoms with Crippen molar-refractivity contribution in [1.82, 2.24) is 0 Å². The molecule has 1 rings (SSSR count). The second-order valence-corrected chi connectivity index (χ2v) is 4.04. The van der Waals surface area contributed by atoms with Crippen LogP contribution in [0.25, 0.3) is 0 Å². The summed E-state index contributed by atoms with van der Waals surface area (Å²) in [6.07, 6.45) is -8.08. The molecule has 108 valence electrons. The molecule has 18 heavy (non-hydrogen) atoms. The second kappa shape index (κ2) is 6.19. The normalized spacial score (nSPS) is 42.8. The minimum Gasteiger partial charge on any atom is -0.394 e. The Morgan fingerprint density at radius 1 is 1.17 bits per heavy atom. The van der Waals surface area contributed by atoms with Gasteiger partial charge in [0, 0.05) is 0 Å². The van der Waals surface area contributed by atoms with Crippen LogP contribution in [0.2, 0.25) is 0 Å². The topological polar surface area (TPSA) is 160 Å². The van der Waals surface area contributed by atoms with Gasteiger partial charge >= 0.3 is 5.97 Å². The van der Waals surface area contributed by atoms with Crippen molar-refractivity contribution in [2.24, 2.45) is 0 Å². The summed E-state index contributed by atoms with van der Waals surface area (Å²) >= 11 is 0. The summed E-state index contributed by atoms with van der Waals surface area (Å²) in [5, 5.41) is 64.7. The van der Waals surface area contributed by atoms with E-state index in [1.165, 1.54) is 0 Å². The van der Waals surface area contributed by atoms with Crippen LogP contribution >= 0.6 is 0 Å². The van der Waals surface area contributed by atoms with Crippen LogP contribution in [-0.4, -0.2) is 92.1 Å². The highest BCUT2D eigenvalue weighted by Gasteiger charge is 2.54. The molecule has 0 spiro atoms. The zero-order valence-electron chi connectivity index (χ0n) is 9.46. The number of hydrogen-bond donors (Lipinski definition) is 7. The van der Waals surface area contributed by atoms with Crippen molar-refractivity contribution in [1.29, 1.82) is 0 Å². The van der Waals surface area contributed by atoms with Gasteiger partial charge in [-0.1, -0.05) is 0 Å². The minimum atomic E-state index is -2.69. The third-order valence-electron chi connectivity index (χ3n) is 2.62. The first kappa shape index (κ1) is 15.7. The molecule has 0 amide bonds. The molecule has 0 saturated carbocycles. The molecule has 1 saturated heterocycles. The molecule has 6 atom stereocenters. The molecular formula is C9H18O9. The van der Waals surface area contributed by atoms with E-state index in [9.17, 15) is 20.4 Å². The van der Waals surface area contributed by atoms with Gasteiger partial charge < -0.3 is 45.2 Å². The molecule has 0 aromatic rings. The Bertz CT molecular complexity index is 260. The Morgan fingerprint density at radius 3 is 2.28 bits per heavy atom. The zero-order chi connectivity index (χ0) is 13.9. The van der Waals surface area contributed by atoms with Gasteiger partial charge in [-0.15, -0.1) is 0 Å². The van der Waals surface area contributed by atoms with Crippen molar-refractivity contribution in [3.8, 4) is 0 Å². The van der Waals surface area contributed by atoms with Crippen molar-refractivity contribution >= 4 is 0 Å². The predicted octanol–water partition coefficient (Wildman–Crippen LogP) is -4.52. The van der Waals surface area contributed by atoms with E-state index < -0.39 is 56.3 Å². The maximum atomic E-state index is 9.80. The summed E-state index contributed by atoms with van der Waals surface area (Å²) in [5.41, 5.74) is 0. The van der Waals surface area contributed by atoms with E-state index in [0.29, 0.717) is 0 Å². The fourth-order valence-corrected chi connectivity index (χ4v) is 1.51. The van der Waals surface area contributed by atoms with Gasteiger partial charge in [0.15, 0.2) is 6.10 Å². The Labute approximate surface area is 102 Å². The first-order valence-electron chi connectivity index (χ1n) is 5.33. The number of aliphatic hydroxyl groups is 7. The summed E-state index contributed by atoms with van der Waals surface area (Å²) in [6.45, 7) is -1.94. The Balaban J connectivity index is 2.72. The summed E-state index contributed by atoms with van der Waals surface area (Å²) < 4.78 is 9.42. The van der Waals surface area contributed by atoms with Crippen LogP contribution in [0.5, 0.6) is 0 Å². The molecule has 1 fully saturated rings. The molecule has 1 heterocycles. The van der Waals surface area contributed by atoms with Crippen LogP contribution in [0.3, 0.4) is 0 Å². The second-order valence-electron chi connectivity index (χ2n) is 4.04. The molecular weight excluding hydrogens is 252 g/mol. The number of hydrogen-bond acceptors (Lipinski definition) is 9.